The second-order valence-electron chi connectivity index (χ2n) is 6.93. The van der Waals surface area contributed by atoms with Crippen molar-refractivity contribution in [2.24, 2.45) is 0 Å². The molecule has 1 amide bonds. The van der Waals surface area contributed by atoms with Crippen LogP contribution < -0.4 is 19.5 Å². The number of hydrogen-bond donors (Lipinski definition) is 1. The third-order valence-electron chi connectivity index (χ3n) is 4.72. The second-order valence-corrected chi connectivity index (χ2v) is 6.93. The molecule has 3 rings (SSSR count). The number of carbonyl (C=O) groups excluding carboxylic acids is 2. The lowest BCUT2D eigenvalue weighted by Gasteiger charge is -2.11. The summed E-state index contributed by atoms with van der Waals surface area (Å²) in [4.78, 5) is 35.5. The lowest BCUT2D eigenvalue weighted by atomic mass is 10.1. The van der Waals surface area contributed by atoms with Crippen LogP contribution in [0.25, 0.3) is 6.08 Å². The molecule has 0 aliphatic rings. The molecule has 0 radical (unpaired) electrons. The van der Waals surface area contributed by atoms with Gasteiger partial charge in [-0.05, 0) is 42.0 Å². The Hall–Kier alpha value is -5.17. The molecule has 176 valence electrons. The molecule has 0 saturated heterocycles. The zero-order chi connectivity index (χ0) is 25.4. The van der Waals surface area contributed by atoms with Crippen LogP contribution in [0.5, 0.6) is 17.2 Å². The Bertz CT molecular complexity index is 1340. The number of amides is 1. The Morgan fingerprint density at radius 3 is 2.29 bits per heavy atom. The molecule has 1 N–H and O–H groups in total. The van der Waals surface area contributed by atoms with E-state index in [2.05, 4.69) is 5.32 Å². The van der Waals surface area contributed by atoms with Gasteiger partial charge < -0.3 is 19.5 Å². The van der Waals surface area contributed by atoms with E-state index in [0.717, 1.165) is 6.07 Å². The first kappa shape index (κ1) is 24.5. The monoisotopic (exact) mass is 473 g/mol. The van der Waals surface area contributed by atoms with E-state index in [1.165, 1.54) is 50.6 Å². The molecule has 0 atom stereocenters. The lowest BCUT2D eigenvalue weighted by Crippen LogP contribution is -2.14. The van der Waals surface area contributed by atoms with Crippen LogP contribution in [0.3, 0.4) is 0 Å². The summed E-state index contributed by atoms with van der Waals surface area (Å²) in [6, 6.07) is 18.4. The predicted octanol–water partition coefficient (Wildman–Crippen LogP) is 4.38. The first-order chi connectivity index (χ1) is 16.9. The molecule has 0 unspecified atom stereocenters. The highest BCUT2D eigenvalue weighted by atomic mass is 16.6. The van der Waals surface area contributed by atoms with E-state index >= 15 is 0 Å². The Kier molecular flexibility index (Phi) is 7.77. The molecule has 10 nitrogen and oxygen atoms in total. The molecular weight excluding hydrogens is 454 g/mol. The fraction of sp³-hybridized carbons (Fsp3) is 0.0800. The highest BCUT2D eigenvalue weighted by Gasteiger charge is 2.17. The van der Waals surface area contributed by atoms with Crippen LogP contribution in [0.2, 0.25) is 0 Å². The summed E-state index contributed by atoms with van der Waals surface area (Å²) in [6.07, 6.45) is 1.30. The van der Waals surface area contributed by atoms with Crippen LogP contribution in [-0.4, -0.2) is 31.0 Å². The quantitative estimate of drug-likeness (QED) is 0.127. The van der Waals surface area contributed by atoms with Crippen LogP contribution in [0.1, 0.15) is 15.9 Å². The summed E-state index contributed by atoms with van der Waals surface area (Å²) in [7, 11) is 2.73. The van der Waals surface area contributed by atoms with Crippen molar-refractivity contribution >= 4 is 29.3 Å². The van der Waals surface area contributed by atoms with Gasteiger partial charge in [0, 0.05) is 12.1 Å². The molecule has 0 heterocycles. The molecule has 0 aromatic heterocycles. The minimum atomic E-state index is -0.801. The zero-order valence-electron chi connectivity index (χ0n) is 18.7. The second kappa shape index (κ2) is 11.1. The smallest absolute Gasteiger partial charge is 0.343 e. The largest absolute Gasteiger partial charge is 0.495 e. The highest BCUT2D eigenvalue weighted by Crippen LogP contribution is 2.31. The summed E-state index contributed by atoms with van der Waals surface area (Å²) < 4.78 is 15.8. The first-order valence-electron chi connectivity index (χ1n) is 10.1. The van der Waals surface area contributed by atoms with Crippen LogP contribution in [-0.2, 0) is 4.79 Å². The third kappa shape index (κ3) is 6.00. The number of non-ortho nitro benzene ring substituents is 1. The molecular formula is C25H19N3O7. The van der Waals surface area contributed by atoms with Crippen molar-refractivity contribution in [3.8, 4) is 23.3 Å². The number of nitriles is 1. The summed E-state index contributed by atoms with van der Waals surface area (Å²) in [5, 5.41) is 23.0. The number of methoxy groups -OCH3 is 2. The number of nitro groups is 1. The minimum Gasteiger partial charge on any atom is -0.495 e. The fourth-order valence-corrected chi connectivity index (χ4v) is 3.00. The van der Waals surface area contributed by atoms with Crippen molar-refractivity contribution in [3.05, 3.63) is 93.5 Å². The standard InChI is InChI=1S/C25H19N3O7/c1-33-21-11-9-19(28(31)32)14-20(21)27-24(29)18(15-26)12-16-8-10-22(23(13-16)34-2)35-25(30)17-6-4-3-5-7-17/h3-14H,1-2H3,(H,27,29)/b18-12+. The van der Waals surface area contributed by atoms with Crippen molar-refractivity contribution in [3.63, 3.8) is 0 Å². The fourth-order valence-electron chi connectivity index (χ4n) is 3.00. The normalized spacial score (nSPS) is 10.6. The van der Waals surface area contributed by atoms with Crippen LogP contribution >= 0.6 is 0 Å². The number of anilines is 1. The van der Waals surface area contributed by atoms with Crippen LogP contribution in [0.4, 0.5) is 11.4 Å². The van der Waals surface area contributed by atoms with E-state index in [9.17, 15) is 25.0 Å². The summed E-state index contributed by atoms with van der Waals surface area (Å²) in [6.45, 7) is 0. The van der Waals surface area contributed by atoms with Gasteiger partial charge in [-0.25, -0.2) is 4.79 Å². The van der Waals surface area contributed by atoms with Gasteiger partial charge in [0.25, 0.3) is 11.6 Å². The van der Waals surface area contributed by atoms with Gasteiger partial charge in [-0.3, -0.25) is 14.9 Å². The molecule has 0 saturated carbocycles. The van der Waals surface area contributed by atoms with Gasteiger partial charge >= 0.3 is 5.97 Å². The predicted molar refractivity (Wildman–Crippen MR) is 126 cm³/mol. The average Bonchev–Trinajstić information content (AvgIpc) is 2.88. The Morgan fingerprint density at radius 1 is 0.971 bits per heavy atom. The van der Waals surface area contributed by atoms with E-state index < -0.39 is 16.8 Å². The number of nitrogens with one attached hydrogen (secondary N) is 1. The summed E-state index contributed by atoms with van der Waals surface area (Å²) in [5.74, 6) is -0.823. The molecule has 0 bridgehead atoms. The first-order valence-corrected chi connectivity index (χ1v) is 10.1. The van der Waals surface area contributed by atoms with E-state index in [0.29, 0.717) is 11.1 Å². The molecule has 0 spiro atoms. The number of rotatable bonds is 8. The Labute approximate surface area is 200 Å². The number of carbonyl (C=O) groups is 2. The van der Waals surface area contributed by atoms with Crippen molar-refractivity contribution in [2.75, 3.05) is 19.5 Å². The van der Waals surface area contributed by atoms with E-state index in [1.54, 1.807) is 36.4 Å². The Morgan fingerprint density at radius 2 is 1.66 bits per heavy atom. The lowest BCUT2D eigenvalue weighted by molar-refractivity contribution is -0.384. The molecule has 3 aromatic carbocycles. The van der Waals surface area contributed by atoms with Crippen molar-refractivity contribution < 1.29 is 28.7 Å². The van der Waals surface area contributed by atoms with Crippen molar-refractivity contribution in [1.29, 1.82) is 5.26 Å². The van der Waals surface area contributed by atoms with Gasteiger partial charge in [-0.1, -0.05) is 24.3 Å². The number of hydrogen-bond acceptors (Lipinski definition) is 8. The van der Waals surface area contributed by atoms with Gasteiger partial charge in [0.2, 0.25) is 0 Å². The molecule has 0 aliphatic heterocycles. The molecule has 0 fully saturated rings. The van der Waals surface area contributed by atoms with Crippen molar-refractivity contribution in [2.45, 2.75) is 0 Å². The third-order valence-corrected chi connectivity index (χ3v) is 4.72. The number of nitro benzene ring substituents is 1. The van der Waals surface area contributed by atoms with E-state index in [-0.39, 0.29) is 34.2 Å². The molecule has 35 heavy (non-hydrogen) atoms. The summed E-state index contributed by atoms with van der Waals surface area (Å²) >= 11 is 0. The summed E-state index contributed by atoms with van der Waals surface area (Å²) in [5.41, 5.74) is 0.273. The van der Waals surface area contributed by atoms with Gasteiger partial charge in [0.1, 0.15) is 17.4 Å². The van der Waals surface area contributed by atoms with Gasteiger partial charge in [0.15, 0.2) is 11.5 Å². The average molecular weight is 473 g/mol. The van der Waals surface area contributed by atoms with Crippen LogP contribution in [0.15, 0.2) is 72.3 Å². The number of esters is 1. The molecule has 0 aliphatic carbocycles. The maximum absolute atomic E-state index is 12.7. The minimum absolute atomic E-state index is 0.0357. The van der Waals surface area contributed by atoms with Gasteiger partial charge in [-0.15, -0.1) is 0 Å². The maximum Gasteiger partial charge on any atom is 0.343 e. The maximum atomic E-state index is 12.7. The molecule has 3 aromatic rings. The highest BCUT2D eigenvalue weighted by molar-refractivity contribution is 6.10. The molecule has 10 heteroatoms. The van der Waals surface area contributed by atoms with E-state index in [1.807, 2.05) is 0 Å². The van der Waals surface area contributed by atoms with Gasteiger partial charge in [0.05, 0.1) is 30.4 Å². The van der Waals surface area contributed by atoms with Crippen LogP contribution in [0, 0.1) is 21.4 Å². The van der Waals surface area contributed by atoms with Gasteiger partial charge in [-0.2, -0.15) is 5.26 Å². The van der Waals surface area contributed by atoms with Crippen molar-refractivity contribution in [1.82, 2.24) is 0 Å². The number of nitrogens with zero attached hydrogens (tertiary/aromatic N) is 2. The number of ether oxygens (including phenoxy) is 3. The SMILES string of the molecule is COc1ccc([N+](=O)[O-])cc1NC(=O)/C(C#N)=C/c1ccc(OC(=O)c2ccccc2)c(OC)c1. The Balaban J connectivity index is 1.84. The van der Waals surface area contributed by atoms with E-state index in [4.69, 9.17) is 14.2 Å². The zero-order valence-corrected chi connectivity index (χ0v) is 18.7. The number of benzene rings is 3. The topological polar surface area (TPSA) is 141 Å².